The molecule has 0 bridgehead atoms. The summed E-state index contributed by atoms with van der Waals surface area (Å²) in [7, 11) is 1.48. The second-order valence-corrected chi connectivity index (χ2v) is 8.89. The van der Waals surface area contributed by atoms with Gasteiger partial charge in [-0.3, -0.25) is 9.59 Å². The van der Waals surface area contributed by atoms with Crippen LogP contribution >= 0.6 is 0 Å². The van der Waals surface area contributed by atoms with Crippen molar-refractivity contribution >= 4 is 17.6 Å². The average Bonchev–Trinajstić information content (AvgIpc) is 3.48. The smallest absolute Gasteiger partial charge is 0.435 e. The molecule has 7 nitrogen and oxygen atoms in total. The number of carbonyl (C=O) groups excluding carboxylic acids is 1. The van der Waals surface area contributed by atoms with Gasteiger partial charge in [0.1, 0.15) is 11.4 Å². The van der Waals surface area contributed by atoms with Crippen LogP contribution in [0.25, 0.3) is 5.69 Å². The summed E-state index contributed by atoms with van der Waals surface area (Å²) in [5.41, 5.74) is 0.0521. The zero-order chi connectivity index (χ0) is 25.0. The summed E-state index contributed by atoms with van der Waals surface area (Å²) in [5.74, 6) is -0.919. The molecule has 1 fully saturated rings. The van der Waals surface area contributed by atoms with Crippen molar-refractivity contribution in [3.05, 3.63) is 71.0 Å². The summed E-state index contributed by atoms with van der Waals surface area (Å²) < 4.78 is 47.4. The maximum atomic E-state index is 13.8. The van der Waals surface area contributed by atoms with Gasteiger partial charge in [-0.2, -0.15) is 18.3 Å². The standard InChI is InChI=1S/C25H22F3N3O4/c1-35-18-8-6-17(7-9-18)31-21-19(22(29-31)25(26,27)28)10-13-30(23(21)34)16-4-2-15(3-5-16)24(11-12-24)14-20(32)33/h2-9H,10-14H2,1H3,(H,32,33). The number of carbonyl (C=O) groups is 2. The summed E-state index contributed by atoms with van der Waals surface area (Å²) >= 11 is 0. The molecular formula is C25H22F3N3O4. The average molecular weight is 485 g/mol. The second-order valence-electron chi connectivity index (χ2n) is 8.89. The molecule has 0 unspecified atom stereocenters. The molecule has 2 heterocycles. The van der Waals surface area contributed by atoms with Crippen LogP contribution in [-0.2, 0) is 22.8 Å². The van der Waals surface area contributed by atoms with Crippen molar-refractivity contribution in [2.75, 3.05) is 18.6 Å². The molecule has 0 atom stereocenters. The number of anilines is 1. The Kier molecular flexibility index (Phi) is 5.34. The van der Waals surface area contributed by atoms with Gasteiger partial charge in [0.25, 0.3) is 5.91 Å². The van der Waals surface area contributed by atoms with Crippen molar-refractivity contribution < 1.29 is 32.6 Å². The van der Waals surface area contributed by atoms with Gasteiger partial charge in [-0.15, -0.1) is 0 Å². The van der Waals surface area contributed by atoms with E-state index in [1.165, 1.54) is 12.0 Å². The maximum Gasteiger partial charge on any atom is 0.435 e. The molecule has 35 heavy (non-hydrogen) atoms. The lowest BCUT2D eigenvalue weighted by Crippen LogP contribution is -2.39. The first-order valence-corrected chi connectivity index (χ1v) is 11.1. The van der Waals surface area contributed by atoms with Gasteiger partial charge < -0.3 is 14.7 Å². The molecule has 0 radical (unpaired) electrons. The Balaban J connectivity index is 1.51. The molecule has 0 spiro atoms. The fourth-order valence-corrected chi connectivity index (χ4v) is 4.75. The minimum atomic E-state index is -4.70. The van der Waals surface area contributed by atoms with Crippen molar-refractivity contribution in [1.82, 2.24) is 9.78 Å². The third kappa shape index (κ3) is 4.02. The Labute approximate surface area is 198 Å². The molecule has 1 N–H and O–H groups in total. The van der Waals surface area contributed by atoms with E-state index in [4.69, 9.17) is 4.74 Å². The van der Waals surface area contributed by atoms with Crippen LogP contribution in [0, 0.1) is 0 Å². The lowest BCUT2D eigenvalue weighted by atomic mass is 9.92. The number of ether oxygens (including phenoxy) is 1. The van der Waals surface area contributed by atoms with Crippen LogP contribution < -0.4 is 9.64 Å². The van der Waals surface area contributed by atoms with Crippen molar-refractivity contribution in [1.29, 1.82) is 0 Å². The number of fused-ring (bicyclic) bond motifs is 1. The molecule has 1 saturated carbocycles. The molecule has 3 aromatic rings. The number of carboxylic acids is 1. The lowest BCUT2D eigenvalue weighted by Gasteiger charge is -2.28. The van der Waals surface area contributed by atoms with Gasteiger partial charge in [-0.25, -0.2) is 4.68 Å². The second kappa shape index (κ2) is 8.14. The predicted molar refractivity (Wildman–Crippen MR) is 120 cm³/mol. The van der Waals surface area contributed by atoms with Crippen molar-refractivity contribution in [3.8, 4) is 11.4 Å². The number of rotatable bonds is 6. The van der Waals surface area contributed by atoms with Crippen LogP contribution in [0.3, 0.4) is 0 Å². The van der Waals surface area contributed by atoms with E-state index < -0.39 is 23.7 Å². The van der Waals surface area contributed by atoms with Crippen molar-refractivity contribution in [2.24, 2.45) is 0 Å². The Bertz CT molecular complexity index is 1290. The number of amides is 1. The number of aromatic nitrogens is 2. The normalized spacial score (nSPS) is 16.7. The topological polar surface area (TPSA) is 84.7 Å². The summed E-state index contributed by atoms with van der Waals surface area (Å²) in [5, 5.41) is 13.0. The zero-order valence-corrected chi connectivity index (χ0v) is 18.8. The van der Waals surface area contributed by atoms with E-state index in [9.17, 15) is 27.9 Å². The fraction of sp³-hybridized carbons (Fsp3) is 0.320. The highest BCUT2D eigenvalue weighted by Gasteiger charge is 2.46. The van der Waals surface area contributed by atoms with Gasteiger partial charge in [0.15, 0.2) is 5.69 Å². The van der Waals surface area contributed by atoms with Crippen LogP contribution in [0.2, 0.25) is 0 Å². The quantitative estimate of drug-likeness (QED) is 0.551. The SMILES string of the molecule is COc1ccc(-n2nc(C(F)(F)F)c3c2C(=O)N(c2ccc(C4(CC(=O)O)CC4)cc2)CC3)cc1. The molecule has 2 aromatic carbocycles. The largest absolute Gasteiger partial charge is 0.497 e. The van der Waals surface area contributed by atoms with Crippen molar-refractivity contribution in [3.63, 3.8) is 0 Å². The number of hydrogen-bond donors (Lipinski definition) is 1. The van der Waals surface area contributed by atoms with E-state index in [1.54, 1.807) is 48.5 Å². The third-order valence-corrected chi connectivity index (χ3v) is 6.74. The Morgan fingerprint density at radius 3 is 2.26 bits per heavy atom. The molecule has 1 aliphatic carbocycles. The predicted octanol–water partition coefficient (Wildman–Crippen LogP) is 4.61. The number of halogens is 3. The van der Waals surface area contributed by atoms with Crippen LogP contribution in [0.5, 0.6) is 5.75 Å². The Morgan fingerprint density at radius 2 is 1.71 bits per heavy atom. The summed E-state index contributed by atoms with van der Waals surface area (Å²) in [6.45, 7) is 0.0723. The monoisotopic (exact) mass is 485 g/mol. The number of aliphatic carboxylic acids is 1. The van der Waals surface area contributed by atoms with Gasteiger partial charge in [0.05, 0.1) is 19.2 Å². The number of alkyl halides is 3. The van der Waals surface area contributed by atoms with Crippen molar-refractivity contribution in [2.45, 2.75) is 37.3 Å². The molecule has 10 heteroatoms. The Hall–Kier alpha value is -3.82. The first-order valence-electron chi connectivity index (χ1n) is 11.1. The molecule has 0 saturated heterocycles. The first kappa shape index (κ1) is 22.9. The molecule has 1 amide bonds. The highest BCUT2D eigenvalue weighted by atomic mass is 19.4. The lowest BCUT2D eigenvalue weighted by molar-refractivity contribution is -0.142. The number of methoxy groups -OCH3 is 1. The van der Waals surface area contributed by atoms with Gasteiger partial charge in [0, 0.05) is 23.2 Å². The third-order valence-electron chi connectivity index (χ3n) is 6.74. The maximum absolute atomic E-state index is 13.8. The number of benzene rings is 2. The van der Waals surface area contributed by atoms with Crippen LogP contribution in [-0.4, -0.2) is 40.4 Å². The molecule has 1 aliphatic heterocycles. The van der Waals surface area contributed by atoms with Crippen LogP contribution in [0.4, 0.5) is 18.9 Å². The van der Waals surface area contributed by atoms with E-state index in [0.29, 0.717) is 17.1 Å². The van der Waals surface area contributed by atoms with E-state index in [1.807, 2.05) is 0 Å². The number of nitrogens with zero attached hydrogens (tertiary/aromatic N) is 3. The minimum Gasteiger partial charge on any atom is -0.497 e. The van der Waals surface area contributed by atoms with Crippen LogP contribution in [0.15, 0.2) is 48.5 Å². The van der Waals surface area contributed by atoms with E-state index in [0.717, 1.165) is 23.1 Å². The number of hydrogen-bond acceptors (Lipinski definition) is 4. The molecule has 1 aromatic heterocycles. The molecular weight excluding hydrogens is 463 g/mol. The molecule has 182 valence electrons. The summed E-state index contributed by atoms with van der Waals surface area (Å²) in [6.07, 6.45) is -3.09. The fourth-order valence-electron chi connectivity index (χ4n) is 4.75. The first-order chi connectivity index (χ1) is 16.6. The highest BCUT2D eigenvalue weighted by molar-refractivity contribution is 6.07. The van der Waals surface area contributed by atoms with Gasteiger partial charge in [-0.05, 0) is 61.2 Å². The van der Waals surface area contributed by atoms with E-state index in [-0.39, 0.29) is 36.1 Å². The van der Waals surface area contributed by atoms with Crippen LogP contribution in [0.1, 0.15) is 46.6 Å². The van der Waals surface area contributed by atoms with Gasteiger partial charge in [0.2, 0.25) is 0 Å². The minimum absolute atomic E-state index is 0.00320. The molecule has 5 rings (SSSR count). The zero-order valence-electron chi connectivity index (χ0n) is 18.8. The van der Waals surface area contributed by atoms with E-state index >= 15 is 0 Å². The van der Waals surface area contributed by atoms with Gasteiger partial charge in [-0.1, -0.05) is 12.1 Å². The number of carboxylic acid groups (broad SMARTS) is 1. The molecule has 2 aliphatic rings. The van der Waals surface area contributed by atoms with E-state index in [2.05, 4.69) is 5.10 Å². The summed E-state index contributed by atoms with van der Waals surface area (Å²) in [6, 6.07) is 13.3. The summed E-state index contributed by atoms with van der Waals surface area (Å²) in [4.78, 5) is 26.2. The van der Waals surface area contributed by atoms with Gasteiger partial charge >= 0.3 is 12.1 Å². The highest BCUT2D eigenvalue weighted by Crippen LogP contribution is 2.51. The Morgan fingerprint density at radius 1 is 1.09 bits per heavy atom.